The number of para-hydroxylation sites is 1. The highest BCUT2D eigenvalue weighted by molar-refractivity contribution is 7.89. The topological polar surface area (TPSA) is 115 Å². The molecule has 3 aromatic carbocycles. The summed E-state index contributed by atoms with van der Waals surface area (Å²) >= 11 is 0. The van der Waals surface area contributed by atoms with Gasteiger partial charge in [-0.25, -0.2) is 9.63 Å². The highest BCUT2D eigenvalue weighted by Gasteiger charge is 2.13. The molecule has 2 N–H and O–H groups in total. The van der Waals surface area contributed by atoms with Gasteiger partial charge < -0.3 is 14.2 Å². The van der Waals surface area contributed by atoms with Crippen molar-refractivity contribution >= 4 is 28.0 Å². The van der Waals surface area contributed by atoms with Gasteiger partial charge in [0.25, 0.3) is 10.0 Å². The number of sulfonamides is 1. The largest absolute Gasteiger partial charge is 0.497 e. The van der Waals surface area contributed by atoms with Crippen molar-refractivity contribution in [3.63, 3.8) is 0 Å². The first-order chi connectivity index (χ1) is 15.4. The molecule has 0 atom stereocenters. The second-order valence-corrected chi connectivity index (χ2v) is 7.98. The molecule has 0 radical (unpaired) electrons. The number of hydrazone groups is 1. The number of hydrogen-bond donors (Lipinski definition) is 2. The number of nitrogens with one attached hydrogen (secondary N) is 2. The number of amides is 1. The number of benzene rings is 3. The molecule has 0 bridgehead atoms. The van der Waals surface area contributed by atoms with Crippen LogP contribution in [0.15, 0.2) is 82.8 Å². The summed E-state index contributed by atoms with van der Waals surface area (Å²) in [6, 6.07) is 19.4. The van der Waals surface area contributed by atoms with Gasteiger partial charge in [-0.3, -0.25) is 5.32 Å². The van der Waals surface area contributed by atoms with Gasteiger partial charge in [0.05, 0.1) is 25.3 Å². The van der Waals surface area contributed by atoms with Crippen LogP contribution in [-0.2, 0) is 10.0 Å². The van der Waals surface area contributed by atoms with E-state index in [2.05, 4.69) is 15.2 Å². The standard InChI is InChI=1S/C22H21N3O6S/c1-29-18-9-11-19(12-10-18)32(27,28)25-23-15-16-8-13-20(21(14-16)30-2)31-22(26)24-17-6-4-3-5-7-17/h3-15,25H,1-2H3,(H,24,26)/b23-15+. The van der Waals surface area contributed by atoms with Crippen LogP contribution >= 0.6 is 0 Å². The SMILES string of the molecule is COc1ccc(S(=O)(=O)N/N=C/c2ccc(OC(=O)Nc3ccccc3)c(OC)c2)cc1. The van der Waals surface area contributed by atoms with Gasteiger partial charge in [-0.1, -0.05) is 18.2 Å². The number of anilines is 1. The van der Waals surface area contributed by atoms with E-state index in [9.17, 15) is 13.2 Å². The molecule has 0 aliphatic rings. The summed E-state index contributed by atoms with van der Waals surface area (Å²) in [5, 5.41) is 6.39. The van der Waals surface area contributed by atoms with Gasteiger partial charge in [-0.05, 0) is 60.2 Å². The summed E-state index contributed by atoms with van der Waals surface area (Å²) in [6.07, 6.45) is 0.625. The van der Waals surface area contributed by atoms with Crippen molar-refractivity contribution < 1.29 is 27.4 Å². The van der Waals surface area contributed by atoms with E-state index in [0.717, 1.165) is 0 Å². The van der Waals surface area contributed by atoms with Crippen LogP contribution in [0.4, 0.5) is 10.5 Å². The van der Waals surface area contributed by atoms with Gasteiger partial charge in [-0.2, -0.15) is 13.5 Å². The van der Waals surface area contributed by atoms with Gasteiger partial charge in [0.2, 0.25) is 0 Å². The van der Waals surface area contributed by atoms with Crippen LogP contribution in [-0.4, -0.2) is 34.9 Å². The van der Waals surface area contributed by atoms with E-state index < -0.39 is 16.1 Å². The van der Waals surface area contributed by atoms with E-state index in [1.807, 2.05) is 6.07 Å². The number of methoxy groups -OCH3 is 2. The van der Waals surface area contributed by atoms with Crippen molar-refractivity contribution in [1.82, 2.24) is 4.83 Å². The molecule has 1 amide bonds. The molecule has 10 heteroatoms. The molecule has 0 unspecified atom stereocenters. The van der Waals surface area contributed by atoms with Crippen LogP contribution in [0.25, 0.3) is 0 Å². The second kappa shape index (κ2) is 10.3. The lowest BCUT2D eigenvalue weighted by Crippen LogP contribution is -2.18. The Morgan fingerprint density at radius 3 is 2.28 bits per heavy atom. The first-order valence-electron chi connectivity index (χ1n) is 9.32. The van der Waals surface area contributed by atoms with Crippen LogP contribution in [0, 0.1) is 0 Å². The zero-order valence-electron chi connectivity index (χ0n) is 17.3. The Bertz CT molecular complexity index is 1200. The predicted octanol–water partition coefficient (Wildman–Crippen LogP) is 3.63. The van der Waals surface area contributed by atoms with Crippen molar-refractivity contribution in [3.05, 3.63) is 78.4 Å². The minimum absolute atomic E-state index is 0.0428. The fraction of sp³-hybridized carbons (Fsp3) is 0.0909. The van der Waals surface area contributed by atoms with Crippen molar-refractivity contribution in [2.24, 2.45) is 5.10 Å². The minimum atomic E-state index is -3.84. The predicted molar refractivity (Wildman–Crippen MR) is 120 cm³/mol. The zero-order chi connectivity index (χ0) is 23.0. The monoisotopic (exact) mass is 455 g/mol. The summed E-state index contributed by atoms with van der Waals surface area (Å²) < 4.78 is 40.2. The molecule has 0 saturated carbocycles. The average Bonchev–Trinajstić information content (AvgIpc) is 2.80. The molecular weight excluding hydrogens is 434 g/mol. The smallest absolute Gasteiger partial charge is 0.417 e. The van der Waals surface area contributed by atoms with Gasteiger partial charge in [0, 0.05) is 5.69 Å². The van der Waals surface area contributed by atoms with Crippen LogP contribution in [0.3, 0.4) is 0 Å². The zero-order valence-corrected chi connectivity index (χ0v) is 18.1. The Labute approximate surface area is 185 Å². The number of nitrogens with zero attached hydrogens (tertiary/aromatic N) is 1. The Hall–Kier alpha value is -4.05. The van der Waals surface area contributed by atoms with Gasteiger partial charge in [0.1, 0.15) is 5.75 Å². The maximum Gasteiger partial charge on any atom is 0.417 e. The maximum absolute atomic E-state index is 12.3. The summed E-state index contributed by atoms with van der Waals surface area (Å²) in [5.74, 6) is 1.01. The lowest BCUT2D eigenvalue weighted by Gasteiger charge is -2.10. The first kappa shape index (κ1) is 22.6. The summed E-state index contributed by atoms with van der Waals surface area (Å²) in [7, 11) is -0.924. The first-order valence-corrected chi connectivity index (χ1v) is 10.8. The molecule has 0 aliphatic heterocycles. The van der Waals surface area contributed by atoms with E-state index in [1.54, 1.807) is 36.4 Å². The Balaban J connectivity index is 1.65. The highest BCUT2D eigenvalue weighted by Crippen LogP contribution is 2.28. The fourth-order valence-electron chi connectivity index (χ4n) is 2.59. The Kier molecular flexibility index (Phi) is 7.29. The maximum atomic E-state index is 12.3. The lowest BCUT2D eigenvalue weighted by molar-refractivity contribution is 0.213. The van der Waals surface area contributed by atoms with Crippen LogP contribution < -0.4 is 24.4 Å². The average molecular weight is 455 g/mol. The number of rotatable bonds is 8. The van der Waals surface area contributed by atoms with Gasteiger partial charge >= 0.3 is 6.09 Å². The molecule has 9 nitrogen and oxygen atoms in total. The third-order valence-electron chi connectivity index (χ3n) is 4.17. The molecule has 0 spiro atoms. The Morgan fingerprint density at radius 1 is 0.906 bits per heavy atom. The molecular formula is C22H21N3O6S. The van der Waals surface area contributed by atoms with Crippen LogP contribution in [0.2, 0.25) is 0 Å². The molecule has 0 heterocycles. The van der Waals surface area contributed by atoms with E-state index in [4.69, 9.17) is 14.2 Å². The van der Waals surface area contributed by atoms with Crippen molar-refractivity contribution in [2.45, 2.75) is 4.90 Å². The molecule has 3 rings (SSSR count). The molecule has 0 fully saturated rings. The summed E-state index contributed by atoms with van der Waals surface area (Å²) in [4.78, 5) is 14.3. The lowest BCUT2D eigenvalue weighted by atomic mass is 10.2. The minimum Gasteiger partial charge on any atom is -0.497 e. The third-order valence-corrected chi connectivity index (χ3v) is 5.41. The summed E-state index contributed by atoms with van der Waals surface area (Å²) in [5.41, 5.74) is 1.11. The number of carbonyl (C=O) groups is 1. The molecule has 0 saturated heterocycles. The second-order valence-electron chi connectivity index (χ2n) is 6.32. The molecule has 32 heavy (non-hydrogen) atoms. The van der Waals surface area contributed by atoms with Crippen LogP contribution in [0.1, 0.15) is 5.56 Å². The number of ether oxygens (including phenoxy) is 3. The molecule has 3 aromatic rings. The van der Waals surface area contributed by atoms with E-state index in [1.165, 1.54) is 50.8 Å². The van der Waals surface area contributed by atoms with Crippen LogP contribution in [0.5, 0.6) is 17.2 Å². The fourth-order valence-corrected chi connectivity index (χ4v) is 3.38. The van der Waals surface area contributed by atoms with E-state index >= 15 is 0 Å². The quantitative estimate of drug-likeness (QED) is 0.396. The summed E-state index contributed by atoms with van der Waals surface area (Å²) in [6.45, 7) is 0. The van der Waals surface area contributed by atoms with Crippen molar-refractivity contribution in [3.8, 4) is 17.2 Å². The third kappa shape index (κ3) is 5.99. The number of carbonyl (C=O) groups excluding carboxylic acids is 1. The number of hydrogen-bond acceptors (Lipinski definition) is 7. The normalized spacial score (nSPS) is 11.1. The van der Waals surface area contributed by atoms with Gasteiger partial charge in [-0.15, -0.1) is 0 Å². The highest BCUT2D eigenvalue weighted by atomic mass is 32.2. The van der Waals surface area contributed by atoms with Gasteiger partial charge in [0.15, 0.2) is 11.5 Å². The molecule has 0 aliphatic carbocycles. The van der Waals surface area contributed by atoms with E-state index in [0.29, 0.717) is 17.0 Å². The molecule has 0 aromatic heterocycles. The van der Waals surface area contributed by atoms with E-state index in [-0.39, 0.29) is 16.4 Å². The van der Waals surface area contributed by atoms with Crippen molar-refractivity contribution in [1.29, 1.82) is 0 Å². The molecule has 166 valence electrons. The Morgan fingerprint density at radius 2 is 1.62 bits per heavy atom. The van der Waals surface area contributed by atoms with Crippen molar-refractivity contribution in [2.75, 3.05) is 19.5 Å².